The van der Waals surface area contributed by atoms with Crippen LogP contribution < -0.4 is 5.32 Å². The molecule has 0 amide bonds. The minimum Gasteiger partial charge on any atom is -0.364 e. The largest absolute Gasteiger partial charge is 0.364 e. The van der Waals surface area contributed by atoms with Crippen LogP contribution in [0, 0.1) is 0 Å². The van der Waals surface area contributed by atoms with Gasteiger partial charge in [-0.3, -0.25) is 4.98 Å². The predicted molar refractivity (Wildman–Crippen MR) is 50.4 cm³/mol. The average Bonchev–Trinajstić information content (AvgIpc) is 2.72. The van der Waals surface area contributed by atoms with Gasteiger partial charge in [0.25, 0.3) is 0 Å². The van der Waals surface area contributed by atoms with Gasteiger partial charge in [0.1, 0.15) is 5.82 Å². The molecular weight excluding hydrogens is 186 g/mol. The molecule has 0 unspecified atom stereocenters. The van der Waals surface area contributed by atoms with Crippen molar-refractivity contribution in [2.24, 2.45) is 7.05 Å². The summed E-state index contributed by atoms with van der Waals surface area (Å²) in [5.41, 5.74) is 1.82. The molecule has 0 bridgehead atoms. The van der Waals surface area contributed by atoms with Gasteiger partial charge in [-0.1, -0.05) is 5.21 Å². The molecule has 0 saturated heterocycles. The van der Waals surface area contributed by atoms with Crippen LogP contribution in [0.4, 0.5) is 5.82 Å². The van der Waals surface area contributed by atoms with Crippen LogP contribution in [0.1, 0.15) is 4.88 Å². The minimum absolute atomic E-state index is 0.770. The van der Waals surface area contributed by atoms with Gasteiger partial charge < -0.3 is 5.32 Å². The summed E-state index contributed by atoms with van der Waals surface area (Å²) in [5, 5.41) is 10.8. The van der Waals surface area contributed by atoms with Gasteiger partial charge in [-0.05, 0) is 0 Å². The van der Waals surface area contributed by atoms with E-state index in [0.717, 1.165) is 12.4 Å². The molecule has 0 aromatic carbocycles. The normalized spacial score (nSPS) is 10.2. The van der Waals surface area contributed by atoms with E-state index in [1.807, 2.05) is 18.8 Å². The number of anilines is 1. The number of rotatable bonds is 3. The van der Waals surface area contributed by atoms with Crippen LogP contribution in [0.3, 0.4) is 0 Å². The monoisotopic (exact) mass is 195 g/mol. The van der Waals surface area contributed by atoms with Crippen LogP contribution in [0.5, 0.6) is 0 Å². The Balaban J connectivity index is 1.97. The predicted octanol–water partition coefficient (Wildman–Crippen LogP) is 0.884. The maximum Gasteiger partial charge on any atom is 0.144 e. The topological polar surface area (TPSA) is 55.6 Å². The SMILES string of the molecule is Cn1nncc1NCc1cncs1. The van der Waals surface area contributed by atoms with Gasteiger partial charge in [0.15, 0.2) is 0 Å². The summed E-state index contributed by atoms with van der Waals surface area (Å²) in [5.74, 6) is 0.911. The Labute approximate surface area is 79.4 Å². The summed E-state index contributed by atoms with van der Waals surface area (Å²) in [7, 11) is 1.85. The Kier molecular flexibility index (Phi) is 2.22. The van der Waals surface area contributed by atoms with Crippen molar-refractivity contribution in [2.75, 3.05) is 5.32 Å². The quantitative estimate of drug-likeness (QED) is 0.790. The molecule has 0 saturated carbocycles. The summed E-state index contributed by atoms with van der Waals surface area (Å²) in [4.78, 5) is 5.18. The molecular formula is C7H9N5S. The van der Waals surface area contributed by atoms with Crippen molar-refractivity contribution in [2.45, 2.75) is 6.54 Å². The van der Waals surface area contributed by atoms with E-state index in [9.17, 15) is 0 Å². The van der Waals surface area contributed by atoms with E-state index in [-0.39, 0.29) is 0 Å². The molecule has 2 heterocycles. The molecule has 1 N–H and O–H groups in total. The Morgan fingerprint density at radius 2 is 2.46 bits per heavy atom. The number of hydrogen-bond acceptors (Lipinski definition) is 5. The third kappa shape index (κ3) is 1.83. The molecule has 0 spiro atoms. The summed E-state index contributed by atoms with van der Waals surface area (Å²) in [6.45, 7) is 0.770. The summed E-state index contributed by atoms with van der Waals surface area (Å²) in [6, 6.07) is 0. The second-order valence-corrected chi connectivity index (χ2v) is 3.54. The first-order valence-electron chi connectivity index (χ1n) is 3.82. The van der Waals surface area contributed by atoms with E-state index < -0.39 is 0 Å². The highest BCUT2D eigenvalue weighted by Crippen LogP contribution is 2.08. The van der Waals surface area contributed by atoms with E-state index in [2.05, 4.69) is 20.6 Å². The van der Waals surface area contributed by atoms with Crippen molar-refractivity contribution in [3.63, 3.8) is 0 Å². The number of hydrogen-bond donors (Lipinski definition) is 1. The highest BCUT2D eigenvalue weighted by molar-refractivity contribution is 7.09. The van der Waals surface area contributed by atoms with Crippen LogP contribution >= 0.6 is 11.3 Å². The Hall–Kier alpha value is -1.43. The fourth-order valence-corrected chi connectivity index (χ4v) is 1.49. The van der Waals surface area contributed by atoms with Crippen LogP contribution in [-0.4, -0.2) is 20.0 Å². The summed E-state index contributed by atoms with van der Waals surface area (Å²) >= 11 is 1.63. The van der Waals surface area contributed by atoms with Crippen molar-refractivity contribution in [1.82, 2.24) is 20.0 Å². The number of aryl methyl sites for hydroxylation is 1. The lowest BCUT2D eigenvalue weighted by Crippen LogP contribution is -2.03. The van der Waals surface area contributed by atoms with Crippen LogP contribution in [0.25, 0.3) is 0 Å². The zero-order valence-corrected chi connectivity index (χ0v) is 7.95. The van der Waals surface area contributed by atoms with E-state index >= 15 is 0 Å². The lowest BCUT2D eigenvalue weighted by atomic mass is 10.5. The number of thiazole rings is 1. The van der Waals surface area contributed by atoms with E-state index in [1.54, 1.807) is 22.2 Å². The van der Waals surface area contributed by atoms with E-state index in [1.165, 1.54) is 4.88 Å². The fourth-order valence-electron chi connectivity index (χ4n) is 0.957. The first-order valence-corrected chi connectivity index (χ1v) is 4.70. The lowest BCUT2D eigenvalue weighted by Gasteiger charge is -2.01. The maximum absolute atomic E-state index is 3.99. The number of nitrogens with one attached hydrogen (secondary N) is 1. The van der Waals surface area contributed by atoms with Crippen molar-refractivity contribution in [3.05, 3.63) is 22.8 Å². The van der Waals surface area contributed by atoms with Gasteiger partial charge in [-0.15, -0.1) is 16.4 Å². The lowest BCUT2D eigenvalue weighted by molar-refractivity contribution is 0.717. The van der Waals surface area contributed by atoms with Gasteiger partial charge in [0, 0.05) is 18.1 Å². The van der Waals surface area contributed by atoms with Gasteiger partial charge in [-0.2, -0.15) is 0 Å². The number of nitrogens with zero attached hydrogens (tertiary/aromatic N) is 4. The van der Waals surface area contributed by atoms with Gasteiger partial charge in [0.05, 0.1) is 18.3 Å². The van der Waals surface area contributed by atoms with E-state index in [0.29, 0.717) is 0 Å². The second kappa shape index (κ2) is 3.53. The zero-order chi connectivity index (χ0) is 9.10. The Bertz CT molecular complexity index is 366. The van der Waals surface area contributed by atoms with Crippen molar-refractivity contribution >= 4 is 17.2 Å². The minimum atomic E-state index is 0.770. The van der Waals surface area contributed by atoms with Crippen molar-refractivity contribution in [3.8, 4) is 0 Å². The molecule has 0 fully saturated rings. The molecule has 13 heavy (non-hydrogen) atoms. The molecule has 2 aromatic rings. The smallest absolute Gasteiger partial charge is 0.144 e. The Morgan fingerprint density at radius 1 is 1.54 bits per heavy atom. The Morgan fingerprint density at radius 3 is 3.08 bits per heavy atom. The van der Waals surface area contributed by atoms with Crippen LogP contribution in [0.15, 0.2) is 17.9 Å². The maximum atomic E-state index is 3.99. The van der Waals surface area contributed by atoms with Crippen molar-refractivity contribution in [1.29, 1.82) is 0 Å². The molecule has 0 aliphatic rings. The second-order valence-electron chi connectivity index (χ2n) is 2.56. The molecule has 0 aliphatic carbocycles. The highest BCUT2D eigenvalue weighted by Gasteiger charge is 1.99. The summed E-state index contributed by atoms with van der Waals surface area (Å²) < 4.78 is 1.70. The van der Waals surface area contributed by atoms with Gasteiger partial charge >= 0.3 is 0 Å². The van der Waals surface area contributed by atoms with Crippen LogP contribution in [0.2, 0.25) is 0 Å². The fraction of sp³-hybridized carbons (Fsp3) is 0.286. The molecule has 5 nitrogen and oxygen atoms in total. The molecule has 68 valence electrons. The molecule has 0 radical (unpaired) electrons. The zero-order valence-electron chi connectivity index (χ0n) is 7.14. The first-order chi connectivity index (χ1) is 6.36. The first kappa shape index (κ1) is 8.18. The molecule has 2 rings (SSSR count). The molecule has 6 heteroatoms. The average molecular weight is 195 g/mol. The molecule has 0 aliphatic heterocycles. The third-order valence-electron chi connectivity index (χ3n) is 1.64. The van der Waals surface area contributed by atoms with Gasteiger partial charge in [-0.25, -0.2) is 4.68 Å². The molecule has 2 aromatic heterocycles. The standard InChI is InChI=1S/C7H9N5S/c1-12-7(4-10-11-12)9-3-6-2-8-5-13-6/h2,4-5,9H,3H2,1H3. The number of aromatic nitrogens is 4. The van der Waals surface area contributed by atoms with Gasteiger partial charge in [0.2, 0.25) is 0 Å². The van der Waals surface area contributed by atoms with Crippen LogP contribution in [-0.2, 0) is 13.6 Å². The highest BCUT2D eigenvalue weighted by atomic mass is 32.1. The summed E-state index contributed by atoms with van der Waals surface area (Å²) in [6.07, 6.45) is 3.54. The van der Waals surface area contributed by atoms with E-state index in [4.69, 9.17) is 0 Å². The van der Waals surface area contributed by atoms with Crippen molar-refractivity contribution < 1.29 is 0 Å². The third-order valence-corrected chi connectivity index (χ3v) is 2.42. The molecule has 0 atom stereocenters.